The number of hydrogen-bond donors (Lipinski definition) is 0. The number of pyridine rings is 1. The predicted molar refractivity (Wildman–Crippen MR) is 102 cm³/mol. The lowest BCUT2D eigenvalue weighted by Crippen LogP contribution is -2.26. The van der Waals surface area contributed by atoms with E-state index in [1.807, 2.05) is 37.3 Å². The molecule has 0 spiro atoms. The van der Waals surface area contributed by atoms with Crippen molar-refractivity contribution in [2.45, 2.75) is 19.9 Å². The van der Waals surface area contributed by atoms with Crippen molar-refractivity contribution >= 4 is 11.6 Å². The Kier molecular flexibility index (Phi) is 4.59. The third-order valence-electron chi connectivity index (χ3n) is 4.64. The summed E-state index contributed by atoms with van der Waals surface area (Å²) in [7, 11) is 0. The number of amides is 1. The third-order valence-corrected chi connectivity index (χ3v) is 4.64. The zero-order valence-corrected chi connectivity index (χ0v) is 15.0. The van der Waals surface area contributed by atoms with Crippen LogP contribution in [0, 0.1) is 5.82 Å². The average molecular weight is 362 g/mol. The molecule has 0 atom stereocenters. The minimum Gasteiger partial charge on any atom is -0.493 e. The molecule has 0 radical (unpaired) electrons. The Labute approximate surface area is 157 Å². The summed E-state index contributed by atoms with van der Waals surface area (Å²) in [6.45, 7) is 2.69. The number of hydrogen-bond acceptors (Lipinski definition) is 3. The van der Waals surface area contributed by atoms with E-state index in [-0.39, 0.29) is 24.7 Å². The molecule has 0 aliphatic carbocycles. The van der Waals surface area contributed by atoms with Gasteiger partial charge in [0.2, 0.25) is 5.91 Å². The first kappa shape index (κ1) is 17.2. The summed E-state index contributed by atoms with van der Waals surface area (Å²) in [4.78, 5) is 18.6. The van der Waals surface area contributed by atoms with Crippen LogP contribution >= 0.6 is 0 Å². The van der Waals surface area contributed by atoms with Crippen LogP contribution in [0.1, 0.15) is 18.2 Å². The summed E-state index contributed by atoms with van der Waals surface area (Å²) in [6.07, 6.45) is 1.99. The Morgan fingerprint density at radius 1 is 1.15 bits per heavy atom. The molecule has 0 saturated carbocycles. The molecule has 0 saturated heterocycles. The van der Waals surface area contributed by atoms with Crippen molar-refractivity contribution in [3.05, 3.63) is 77.9 Å². The van der Waals surface area contributed by atoms with Crippen molar-refractivity contribution in [3.63, 3.8) is 0 Å². The number of carbonyl (C=O) groups is 1. The Balaban J connectivity index is 1.72. The van der Waals surface area contributed by atoms with E-state index in [0.717, 1.165) is 22.6 Å². The van der Waals surface area contributed by atoms with Crippen LogP contribution in [0.2, 0.25) is 0 Å². The largest absolute Gasteiger partial charge is 0.493 e. The monoisotopic (exact) mass is 362 g/mol. The molecule has 136 valence electrons. The number of fused-ring (bicyclic) bond motifs is 1. The lowest BCUT2D eigenvalue weighted by molar-refractivity contribution is -0.117. The highest BCUT2D eigenvalue weighted by Gasteiger charge is 2.29. The zero-order valence-electron chi connectivity index (χ0n) is 15.0. The van der Waals surface area contributed by atoms with E-state index in [0.29, 0.717) is 17.9 Å². The molecule has 0 fully saturated rings. The first-order valence-electron chi connectivity index (χ1n) is 8.92. The van der Waals surface area contributed by atoms with Gasteiger partial charge in [-0.2, -0.15) is 0 Å². The van der Waals surface area contributed by atoms with Crippen LogP contribution in [-0.4, -0.2) is 17.5 Å². The van der Waals surface area contributed by atoms with Crippen molar-refractivity contribution in [2.24, 2.45) is 0 Å². The Bertz CT molecular complexity index is 1000. The fraction of sp³-hybridized carbons (Fsp3) is 0.182. The van der Waals surface area contributed by atoms with Crippen LogP contribution in [-0.2, 0) is 17.8 Å². The van der Waals surface area contributed by atoms with Crippen molar-refractivity contribution < 1.29 is 13.9 Å². The standard InChI is InChI=1S/C22H19FN2O2/c1-2-27-21-10-6-4-8-17(21)16-11-20-19(24-13-16)12-22(26)25(20)14-15-7-3-5-9-18(15)23/h3-11,13H,2,12,14H2,1H3. The molecule has 0 N–H and O–H groups in total. The van der Waals surface area contributed by atoms with E-state index in [9.17, 15) is 9.18 Å². The fourth-order valence-corrected chi connectivity index (χ4v) is 3.33. The van der Waals surface area contributed by atoms with Crippen LogP contribution in [0.4, 0.5) is 10.1 Å². The molecule has 4 nitrogen and oxygen atoms in total. The van der Waals surface area contributed by atoms with Gasteiger partial charge in [-0.05, 0) is 25.1 Å². The molecule has 1 aromatic heterocycles. The van der Waals surface area contributed by atoms with Gasteiger partial charge >= 0.3 is 0 Å². The molecule has 2 heterocycles. The second kappa shape index (κ2) is 7.19. The number of rotatable bonds is 5. The van der Waals surface area contributed by atoms with Gasteiger partial charge in [0, 0.05) is 22.9 Å². The van der Waals surface area contributed by atoms with E-state index >= 15 is 0 Å². The van der Waals surface area contributed by atoms with Crippen molar-refractivity contribution in [1.82, 2.24) is 4.98 Å². The summed E-state index contributed by atoms with van der Waals surface area (Å²) in [5, 5.41) is 0. The van der Waals surface area contributed by atoms with Gasteiger partial charge in [0.05, 0.1) is 31.0 Å². The molecule has 1 aliphatic heterocycles. The number of aromatic nitrogens is 1. The van der Waals surface area contributed by atoms with Gasteiger partial charge in [-0.15, -0.1) is 0 Å². The first-order valence-corrected chi connectivity index (χ1v) is 8.92. The molecule has 0 bridgehead atoms. The first-order chi connectivity index (χ1) is 13.2. The van der Waals surface area contributed by atoms with Crippen LogP contribution in [0.15, 0.2) is 60.8 Å². The minimum absolute atomic E-state index is 0.0732. The topological polar surface area (TPSA) is 42.4 Å². The Morgan fingerprint density at radius 3 is 2.74 bits per heavy atom. The summed E-state index contributed by atoms with van der Waals surface area (Å²) in [6, 6.07) is 16.2. The van der Waals surface area contributed by atoms with Gasteiger partial charge in [-0.1, -0.05) is 36.4 Å². The van der Waals surface area contributed by atoms with Gasteiger partial charge in [0.15, 0.2) is 0 Å². The van der Waals surface area contributed by atoms with Crippen molar-refractivity contribution in [3.8, 4) is 16.9 Å². The summed E-state index contributed by atoms with van der Waals surface area (Å²) in [5.74, 6) is 0.382. The summed E-state index contributed by atoms with van der Waals surface area (Å²) >= 11 is 0. The van der Waals surface area contributed by atoms with Gasteiger partial charge < -0.3 is 9.64 Å². The second-order valence-corrected chi connectivity index (χ2v) is 6.37. The number of benzene rings is 2. The number of halogens is 1. The fourth-order valence-electron chi connectivity index (χ4n) is 3.33. The maximum Gasteiger partial charge on any atom is 0.233 e. The number of ether oxygens (including phenoxy) is 1. The van der Waals surface area contributed by atoms with Gasteiger partial charge in [-0.3, -0.25) is 9.78 Å². The Morgan fingerprint density at radius 2 is 1.93 bits per heavy atom. The molecule has 5 heteroatoms. The molecular weight excluding hydrogens is 343 g/mol. The van der Waals surface area contributed by atoms with Gasteiger partial charge in [0.1, 0.15) is 11.6 Å². The highest BCUT2D eigenvalue weighted by atomic mass is 19.1. The highest BCUT2D eigenvalue weighted by molar-refractivity contribution is 6.01. The molecular formula is C22H19FN2O2. The maximum absolute atomic E-state index is 14.1. The second-order valence-electron chi connectivity index (χ2n) is 6.37. The van der Waals surface area contributed by atoms with E-state index in [4.69, 9.17) is 4.74 Å². The van der Waals surface area contributed by atoms with Crippen LogP contribution in [0.25, 0.3) is 11.1 Å². The van der Waals surface area contributed by atoms with Crippen LogP contribution in [0.3, 0.4) is 0 Å². The van der Waals surface area contributed by atoms with E-state index in [1.165, 1.54) is 6.07 Å². The zero-order chi connectivity index (χ0) is 18.8. The SMILES string of the molecule is CCOc1ccccc1-c1cnc2c(c1)N(Cc1ccccc1F)C(=O)C2. The molecule has 4 rings (SSSR count). The van der Waals surface area contributed by atoms with Gasteiger partial charge in [-0.25, -0.2) is 4.39 Å². The van der Waals surface area contributed by atoms with E-state index < -0.39 is 0 Å². The number of nitrogens with zero attached hydrogens (tertiary/aromatic N) is 2. The molecule has 1 aliphatic rings. The minimum atomic E-state index is -0.315. The quantitative estimate of drug-likeness (QED) is 0.677. The number of anilines is 1. The van der Waals surface area contributed by atoms with Crippen molar-refractivity contribution in [2.75, 3.05) is 11.5 Å². The Hall–Kier alpha value is -3.21. The molecule has 27 heavy (non-hydrogen) atoms. The summed E-state index contributed by atoms with van der Waals surface area (Å²) in [5.41, 5.74) is 3.71. The molecule has 1 amide bonds. The molecule has 3 aromatic rings. The molecule has 0 unspecified atom stereocenters. The maximum atomic E-state index is 14.1. The highest BCUT2D eigenvalue weighted by Crippen LogP contribution is 2.36. The van der Waals surface area contributed by atoms with E-state index in [2.05, 4.69) is 4.98 Å². The number of carbonyl (C=O) groups excluding carboxylic acids is 1. The molecule has 2 aromatic carbocycles. The van der Waals surface area contributed by atoms with Crippen LogP contribution < -0.4 is 9.64 Å². The third kappa shape index (κ3) is 3.28. The lowest BCUT2D eigenvalue weighted by atomic mass is 10.1. The van der Waals surface area contributed by atoms with Crippen LogP contribution in [0.5, 0.6) is 5.75 Å². The van der Waals surface area contributed by atoms with Crippen molar-refractivity contribution in [1.29, 1.82) is 0 Å². The summed E-state index contributed by atoms with van der Waals surface area (Å²) < 4.78 is 19.8. The average Bonchev–Trinajstić information content (AvgIpc) is 2.99. The predicted octanol–water partition coefficient (Wildman–Crippen LogP) is 4.38. The smallest absolute Gasteiger partial charge is 0.233 e. The lowest BCUT2D eigenvalue weighted by Gasteiger charge is -2.19. The normalized spacial score (nSPS) is 13.0. The van der Waals surface area contributed by atoms with E-state index in [1.54, 1.807) is 29.3 Å². The van der Waals surface area contributed by atoms with Gasteiger partial charge in [0.25, 0.3) is 0 Å². The number of para-hydroxylation sites is 1.